The van der Waals surface area contributed by atoms with Crippen LogP contribution < -0.4 is 0 Å². The highest BCUT2D eigenvalue weighted by atomic mass is 32.2. The maximum atomic E-state index is 16.2. The van der Waals surface area contributed by atoms with Crippen LogP contribution in [0.3, 0.4) is 0 Å². The summed E-state index contributed by atoms with van der Waals surface area (Å²) in [6, 6.07) is 6.31. The van der Waals surface area contributed by atoms with Crippen LogP contribution in [0.4, 0.5) is 8.78 Å². The third kappa shape index (κ3) is 3.52. The van der Waals surface area contributed by atoms with Gasteiger partial charge < -0.3 is 0 Å². The Bertz CT molecular complexity index is 1130. The zero-order valence-corrected chi connectivity index (χ0v) is 22.6. The molecule has 4 bridgehead atoms. The highest BCUT2D eigenvalue weighted by molar-refractivity contribution is 7.86. The Morgan fingerprint density at radius 3 is 1.89 bits per heavy atom. The summed E-state index contributed by atoms with van der Waals surface area (Å²) in [4.78, 5) is -0.00954. The Morgan fingerprint density at radius 1 is 0.778 bits per heavy atom. The van der Waals surface area contributed by atoms with Crippen LogP contribution in [-0.2, 0) is 14.3 Å². The van der Waals surface area contributed by atoms with Gasteiger partial charge >= 0.3 is 0 Å². The van der Waals surface area contributed by atoms with Crippen LogP contribution in [0.1, 0.15) is 102 Å². The maximum Gasteiger partial charge on any atom is 0.297 e. The van der Waals surface area contributed by atoms with Gasteiger partial charge in [-0.3, -0.25) is 4.18 Å². The van der Waals surface area contributed by atoms with E-state index < -0.39 is 32.8 Å². The van der Waals surface area contributed by atoms with Crippen molar-refractivity contribution >= 4 is 10.1 Å². The fraction of sp³-hybridized carbons (Fsp3) is 0.733. The Morgan fingerprint density at radius 2 is 1.33 bits per heavy atom. The molecule has 3 nitrogen and oxygen atoms in total. The topological polar surface area (TPSA) is 43.4 Å². The summed E-state index contributed by atoms with van der Waals surface area (Å²) in [6.07, 6.45) is 13.1. The molecule has 5 saturated carbocycles. The molecule has 0 aromatic heterocycles. The minimum Gasteiger partial charge on any atom is -0.252 e. The van der Waals surface area contributed by atoms with E-state index in [1.165, 1.54) is 37.8 Å². The normalized spacial score (nSPS) is 42.7. The van der Waals surface area contributed by atoms with E-state index in [9.17, 15) is 8.42 Å². The van der Waals surface area contributed by atoms with Gasteiger partial charge in [0, 0.05) is 5.41 Å². The lowest BCUT2D eigenvalue weighted by Gasteiger charge is -2.66. The van der Waals surface area contributed by atoms with E-state index in [1.54, 1.807) is 12.1 Å². The van der Waals surface area contributed by atoms with Crippen molar-refractivity contribution in [1.82, 2.24) is 0 Å². The van der Waals surface area contributed by atoms with E-state index in [2.05, 4.69) is 6.92 Å². The van der Waals surface area contributed by atoms with Crippen molar-refractivity contribution in [3.05, 3.63) is 41.5 Å². The lowest BCUT2D eigenvalue weighted by molar-refractivity contribution is -0.156. The molecule has 0 amide bonds. The van der Waals surface area contributed by atoms with Gasteiger partial charge in [-0.2, -0.15) is 8.42 Å². The van der Waals surface area contributed by atoms with E-state index in [-0.39, 0.29) is 23.2 Å². The number of halogens is 2. The van der Waals surface area contributed by atoms with Gasteiger partial charge in [0.1, 0.15) is 11.4 Å². The highest BCUT2D eigenvalue weighted by Gasteiger charge is 2.68. The summed E-state index contributed by atoms with van der Waals surface area (Å²) in [5.41, 5.74) is -1.34. The van der Waals surface area contributed by atoms with Crippen LogP contribution in [-0.4, -0.2) is 14.0 Å². The molecule has 0 unspecified atom stereocenters. The largest absolute Gasteiger partial charge is 0.297 e. The quantitative estimate of drug-likeness (QED) is 0.368. The van der Waals surface area contributed by atoms with Crippen LogP contribution in [0.15, 0.2) is 40.8 Å². The SMILES string of the molecule is Cc1ccc(S(=O)(=O)OC23CCC(C45CCC(C6CCC(C)CC6)(CC4)CC5)(CC2)C(F)=C3F)cc1. The van der Waals surface area contributed by atoms with Crippen molar-refractivity contribution in [3.8, 4) is 0 Å². The van der Waals surface area contributed by atoms with Gasteiger partial charge in [0.25, 0.3) is 10.1 Å². The first-order chi connectivity index (χ1) is 17.1. The Hall–Kier alpha value is -1.27. The highest BCUT2D eigenvalue weighted by Crippen LogP contribution is 2.74. The molecule has 1 aromatic rings. The molecule has 8 rings (SSSR count). The number of hydrogen-bond acceptors (Lipinski definition) is 3. The van der Waals surface area contributed by atoms with Crippen LogP contribution in [0.2, 0.25) is 0 Å². The minimum atomic E-state index is -4.20. The molecule has 198 valence electrons. The fourth-order valence-corrected chi connectivity index (χ4v) is 10.4. The van der Waals surface area contributed by atoms with Crippen LogP contribution in [0.25, 0.3) is 0 Å². The van der Waals surface area contributed by atoms with Crippen LogP contribution >= 0.6 is 0 Å². The Balaban J connectivity index is 1.25. The second kappa shape index (κ2) is 8.36. The summed E-state index contributed by atoms with van der Waals surface area (Å²) in [5.74, 6) is -0.00657. The molecule has 6 heteroatoms. The molecule has 0 N–H and O–H groups in total. The second-order valence-corrected chi connectivity index (χ2v) is 14.7. The number of fused-ring (bicyclic) bond motifs is 5. The molecule has 1 aromatic carbocycles. The van der Waals surface area contributed by atoms with Crippen molar-refractivity contribution in [2.45, 2.75) is 114 Å². The van der Waals surface area contributed by atoms with Gasteiger partial charge in [-0.15, -0.1) is 0 Å². The van der Waals surface area contributed by atoms with Crippen molar-refractivity contribution in [2.75, 3.05) is 0 Å². The summed E-state index contributed by atoms with van der Waals surface area (Å²) >= 11 is 0. The first kappa shape index (κ1) is 25.0. The van der Waals surface area contributed by atoms with E-state index in [0.29, 0.717) is 18.3 Å². The molecule has 0 atom stereocenters. The number of benzene rings is 1. The molecule has 7 aliphatic rings. The Kier molecular flexibility index (Phi) is 5.82. The third-order valence-electron chi connectivity index (χ3n) is 11.7. The molecular formula is C30H40F2O3S. The maximum absolute atomic E-state index is 16.2. The number of hydrogen-bond donors (Lipinski definition) is 0. The average molecular weight is 519 g/mol. The fourth-order valence-electron chi connectivity index (χ4n) is 9.19. The first-order valence-electron chi connectivity index (χ1n) is 14.1. The molecule has 0 radical (unpaired) electrons. The standard InChI is InChI=1S/C30H40F2O3S/c1-21-3-7-23(8-4-21)27-11-14-28(15-12-27,16-13-27)29-17-19-30(20-18-29,26(32)25(29)31)35-36(33,34)24-9-5-22(2)6-10-24/h5-6,9-10,21,23H,3-4,7-8,11-20H2,1-2H3. The van der Waals surface area contributed by atoms with E-state index in [0.717, 1.165) is 55.9 Å². The molecule has 0 spiro atoms. The minimum absolute atomic E-state index is 0.00954. The molecule has 36 heavy (non-hydrogen) atoms. The lowest BCUT2D eigenvalue weighted by atomic mass is 9.39. The summed E-state index contributed by atoms with van der Waals surface area (Å²) < 4.78 is 63.7. The molecule has 0 aliphatic heterocycles. The molecule has 0 saturated heterocycles. The zero-order valence-electron chi connectivity index (χ0n) is 21.8. The number of aryl methyl sites for hydroxylation is 1. The third-order valence-corrected chi connectivity index (χ3v) is 13.1. The predicted molar refractivity (Wildman–Crippen MR) is 136 cm³/mol. The van der Waals surface area contributed by atoms with E-state index in [1.807, 2.05) is 6.92 Å². The molecular weight excluding hydrogens is 478 g/mol. The smallest absolute Gasteiger partial charge is 0.252 e. The van der Waals surface area contributed by atoms with Crippen LogP contribution in [0, 0.1) is 35.0 Å². The van der Waals surface area contributed by atoms with Gasteiger partial charge in [0.05, 0.1) is 4.90 Å². The van der Waals surface area contributed by atoms with Crippen molar-refractivity contribution < 1.29 is 21.4 Å². The Labute approximate surface area is 215 Å². The van der Waals surface area contributed by atoms with Crippen molar-refractivity contribution in [1.29, 1.82) is 0 Å². The molecule has 7 aliphatic carbocycles. The zero-order chi connectivity index (χ0) is 25.4. The van der Waals surface area contributed by atoms with E-state index >= 15 is 8.78 Å². The van der Waals surface area contributed by atoms with Gasteiger partial charge in [-0.25, -0.2) is 8.78 Å². The second-order valence-electron chi connectivity index (χ2n) is 13.2. The number of allylic oxidation sites excluding steroid dienone is 1. The number of rotatable bonds is 5. The van der Waals surface area contributed by atoms with Gasteiger partial charge in [0.2, 0.25) is 0 Å². The van der Waals surface area contributed by atoms with Crippen LogP contribution in [0.5, 0.6) is 0 Å². The molecule has 0 heterocycles. The lowest BCUT2D eigenvalue weighted by Crippen LogP contribution is -2.59. The van der Waals surface area contributed by atoms with E-state index in [4.69, 9.17) is 4.18 Å². The summed E-state index contributed by atoms with van der Waals surface area (Å²) in [5, 5.41) is 0. The van der Waals surface area contributed by atoms with Gasteiger partial charge in [-0.05, 0) is 119 Å². The van der Waals surface area contributed by atoms with Gasteiger partial charge in [0.15, 0.2) is 5.83 Å². The van der Waals surface area contributed by atoms with Gasteiger partial charge in [-0.1, -0.05) is 37.5 Å². The summed E-state index contributed by atoms with van der Waals surface area (Å²) in [7, 11) is -4.20. The molecule has 5 fully saturated rings. The average Bonchev–Trinajstić information content (AvgIpc) is 2.89. The van der Waals surface area contributed by atoms with Crippen molar-refractivity contribution in [3.63, 3.8) is 0 Å². The first-order valence-corrected chi connectivity index (χ1v) is 15.6. The predicted octanol–water partition coefficient (Wildman–Crippen LogP) is 8.33. The van der Waals surface area contributed by atoms with Crippen molar-refractivity contribution in [2.24, 2.45) is 28.1 Å². The summed E-state index contributed by atoms with van der Waals surface area (Å²) in [6.45, 7) is 4.23. The monoisotopic (exact) mass is 518 g/mol.